The Morgan fingerprint density at radius 1 is 1.35 bits per heavy atom. The van der Waals surface area contributed by atoms with Crippen LogP contribution in [0.15, 0.2) is 0 Å². The first-order valence-electron chi connectivity index (χ1n) is 7.06. The molecule has 1 aliphatic heterocycles. The van der Waals surface area contributed by atoms with Crippen molar-refractivity contribution in [2.24, 2.45) is 11.7 Å². The fourth-order valence-corrected chi connectivity index (χ4v) is 3.49. The highest BCUT2D eigenvalue weighted by Crippen LogP contribution is 2.36. The van der Waals surface area contributed by atoms with Crippen molar-refractivity contribution in [1.29, 1.82) is 5.26 Å². The highest BCUT2D eigenvalue weighted by Gasteiger charge is 2.35. The second kappa shape index (κ2) is 5.37. The van der Waals surface area contributed by atoms with Gasteiger partial charge in [-0.05, 0) is 58.0 Å². The molecule has 3 unspecified atom stereocenters. The first-order chi connectivity index (χ1) is 8.12. The summed E-state index contributed by atoms with van der Waals surface area (Å²) >= 11 is 0. The van der Waals surface area contributed by atoms with Crippen LogP contribution in [0.3, 0.4) is 0 Å². The summed E-state index contributed by atoms with van der Waals surface area (Å²) < 4.78 is 0. The number of nitrogens with zero attached hydrogens (tertiary/aromatic N) is 2. The number of hydrogen-bond donors (Lipinski definition) is 1. The molecule has 1 saturated heterocycles. The maximum absolute atomic E-state index is 8.88. The molecule has 2 aliphatic rings. The number of nitrogens with two attached hydrogens (primary N) is 1. The summed E-state index contributed by atoms with van der Waals surface area (Å²) in [6.45, 7) is 4.24. The summed E-state index contributed by atoms with van der Waals surface area (Å²) in [4.78, 5) is 2.65. The molecule has 0 aromatic carbocycles. The van der Waals surface area contributed by atoms with Gasteiger partial charge in [-0.2, -0.15) is 5.26 Å². The lowest BCUT2D eigenvalue weighted by atomic mass is 9.85. The molecule has 2 fully saturated rings. The maximum atomic E-state index is 8.88. The van der Waals surface area contributed by atoms with Crippen molar-refractivity contribution in [3.05, 3.63) is 0 Å². The average molecular weight is 235 g/mol. The predicted octanol–water partition coefficient (Wildman–Crippen LogP) is 2.27. The predicted molar refractivity (Wildman–Crippen MR) is 69.4 cm³/mol. The minimum atomic E-state index is -0.633. The van der Waals surface area contributed by atoms with Crippen molar-refractivity contribution in [2.75, 3.05) is 13.1 Å². The van der Waals surface area contributed by atoms with Crippen LogP contribution in [0.5, 0.6) is 0 Å². The number of nitriles is 1. The van der Waals surface area contributed by atoms with E-state index >= 15 is 0 Å². The summed E-state index contributed by atoms with van der Waals surface area (Å²) in [5.41, 5.74) is 5.22. The van der Waals surface area contributed by atoms with E-state index in [1.807, 2.05) is 6.92 Å². The van der Waals surface area contributed by atoms with E-state index in [4.69, 9.17) is 11.0 Å². The fraction of sp³-hybridized carbons (Fsp3) is 0.929. The Balaban J connectivity index is 1.75. The standard InChI is InChI=1S/C14H25N3/c1-14(16,11-15)8-4-9-17-10-7-12-5-2-3-6-13(12)17/h12-13H,2-10,16H2,1H3. The third-order valence-corrected chi connectivity index (χ3v) is 4.52. The largest absolute Gasteiger partial charge is 0.314 e. The van der Waals surface area contributed by atoms with Crippen molar-refractivity contribution in [3.8, 4) is 6.07 Å². The Labute approximate surface area is 105 Å². The second-order valence-electron chi connectivity index (χ2n) is 6.07. The van der Waals surface area contributed by atoms with E-state index in [9.17, 15) is 0 Å². The quantitative estimate of drug-likeness (QED) is 0.813. The molecule has 1 aliphatic carbocycles. The monoisotopic (exact) mass is 235 g/mol. The SMILES string of the molecule is CC(N)(C#N)CCCN1CCC2CCCCC21. The summed E-state index contributed by atoms with van der Waals surface area (Å²) in [5, 5.41) is 8.88. The molecule has 0 spiro atoms. The molecular weight excluding hydrogens is 210 g/mol. The van der Waals surface area contributed by atoms with Gasteiger partial charge in [-0.1, -0.05) is 12.8 Å². The minimum absolute atomic E-state index is 0.633. The molecular formula is C14H25N3. The second-order valence-corrected chi connectivity index (χ2v) is 6.07. The first kappa shape index (κ1) is 12.9. The Kier molecular flexibility index (Phi) is 4.06. The Bertz CT molecular complexity index is 292. The molecule has 2 rings (SSSR count). The van der Waals surface area contributed by atoms with Gasteiger partial charge in [-0.3, -0.25) is 0 Å². The molecule has 0 amide bonds. The molecule has 96 valence electrons. The Hall–Kier alpha value is -0.590. The molecule has 0 aromatic heterocycles. The molecule has 3 heteroatoms. The Morgan fingerprint density at radius 3 is 2.88 bits per heavy atom. The van der Waals surface area contributed by atoms with Crippen molar-refractivity contribution in [2.45, 2.75) is 63.5 Å². The van der Waals surface area contributed by atoms with E-state index in [1.54, 1.807) is 0 Å². The molecule has 0 aromatic rings. The third kappa shape index (κ3) is 3.20. The zero-order valence-corrected chi connectivity index (χ0v) is 11.0. The topological polar surface area (TPSA) is 53.1 Å². The zero-order chi connectivity index (χ0) is 12.3. The van der Waals surface area contributed by atoms with Gasteiger partial charge in [0.15, 0.2) is 0 Å². The van der Waals surface area contributed by atoms with Crippen molar-refractivity contribution in [3.63, 3.8) is 0 Å². The van der Waals surface area contributed by atoms with Crippen LogP contribution in [0.2, 0.25) is 0 Å². The van der Waals surface area contributed by atoms with E-state index < -0.39 is 5.54 Å². The van der Waals surface area contributed by atoms with E-state index in [-0.39, 0.29) is 0 Å². The van der Waals surface area contributed by atoms with Crippen molar-refractivity contribution >= 4 is 0 Å². The van der Waals surface area contributed by atoms with Gasteiger partial charge in [-0.15, -0.1) is 0 Å². The highest BCUT2D eigenvalue weighted by molar-refractivity contribution is 5.00. The van der Waals surface area contributed by atoms with E-state index in [1.165, 1.54) is 38.6 Å². The molecule has 2 N–H and O–H groups in total. The molecule has 1 heterocycles. The van der Waals surface area contributed by atoms with Crippen LogP contribution < -0.4 is 5.73 Å². The lowest BCUT2D eigenvalue weighted by Gasteiger charge is -2.32. The van der Waals surface area contributed by atoms with Gasteiger partial charge in [0.1, 0.15) is 5.54 Å². The van der Waals surface area contributed by atoms with Crippen LogP contribution in [-0.2, 0) is 0 Å². The summed E-state index contributed by atoms with van der Waals surface area (Å²) in [6, 6.07) is 3.02. The molecule has 3 nitrogen and oxygen atoms in total. The van der Waals surface area contributed by atoms with Gasteiger partial charge in [0.25, 0.3) is 0 Å². The van der Waals surface area contributed by atoms with Gasteiger partial charge >= 0.3 is 0 Å². The smallest absolute Gasteiger partial charge is 0.101 e. The van der Waals surface area contributed by atoms with Crippen LogP contribution in [-0.4, -0.2) is 29.6 Å². The van der Waals surface area contributed by atoms with Gasteiger partial charge in [0, 0.05) is 6.04 Å². The first-order valence-corrected chi connectivity index (χ1v) is 7.06. The van der Waals surface area contributed by atoms with Crippen LogP contribution in [0.4, 0.5) is 0 Å². The van der Waals surface area contributed by atoms with Gasteiger partial charge in [0.05, 0.1) is 6.07 Å². The van der Waals surface area contributed by atoms with Gasteiger partial charge in [0.2, 0.25) is 0 Å². The van der Waals surface area contributed by atoms with Crippen LogP contribution >= 0.6 is 0 Å². The van der Waals surface area contributed by atoms with Gasteiger partial charge in [-0.25, -0.2) is 0 Å². The normalized spacial score (nSPS) is 32.8. The summed E-state index contributed by atoms with van der Waals surface area (Å²) in [5.74, 6) is 0.962. The number of rotatable bonds is 4. The number of likely N-dealkylation sites (tertiary alicyclic amines) is 1. The van der Waals surface area contributed by atoms with E-state index in [0.717, 1.165) is 31.3 Å². The number of fused-ring (bicyclic) bond motifs is 1. The average Bonchev–Trinajstić information content (AvgIpc) is 2.73. The minimum Gasteiger partial charge on any atom is -0.314 e. The fourth-order valence-electron chi connectivity index (χ4n) is 3.49. The molecule has 1 saturated carbocycles. The van der Waals surface area contributed by atoms with Gasteiger partial charge < -0.3 is 10.6 Å². The number of hydrogen-bond acceptors (Lipinski definition) is 3. The van der Waals surface area contributed by atoms with E-state index in [0.29, 0.717) is 0 Å². The molecule has 0 radical (unpaired) electrons. The Morgan fingerprint density at radius 2 is 2.12 bits per heavy atom. The van der Waals surface area contributed by atoms with Crippen LogP contribution in [0, 0.1) is 17.2 Å². The van der Waals surface area contributed by atoms with Crippen molar-refractivity contribution < 1.29 is 0 Å². The molecule has 0 bridgehead atoms. The van der Waals surface area contributed by atoms with Crippen LogP contribution in [0.1, 0.15) is 51.9 Å². The summed E-state index contributed by atoms with van der Waals surface area (Å²) in [7, 11) is 0. The molecule has 3 atom stereocenters. The van der Waals surface area contributed by atoms with Crippen molar-refractivity contribution in [1.82, 2.24) is 4.90 Å². The summed E-state index contributed by atoms with van der Waals surface area (Å²) in [6.07, 6.45) is 8.94. The molecule has 17 heavy (non-hydrogen) atoms. The third-order valence-electron chi connectivity index (χ3n) is 4.52. The van der Waals surface area contributed by atoms with Crippen LogP contribution in [0.25, 0.3) is 0 Å². The lowest BCUT2D eigenvalue weighted by Crippen LogP contribution is -2.38. The lowest BCUT2D eigenvalue weighted by molar-refractivity contribution is 0.178. The van der Waals surface area contributed by atoms with E-state index in [2.05, 4.69) is 11.0 Å². The maximum Gasteiger partial charge on any atom is 0.101 e. The zero-order valence-electron chi connectivity index (χ0n) is 11.0. The highest BCUT2D eigenvalue weighted by atomic mass is 15.2.